The van der Waals surface area contributed by atoms with E-state index >= 15 is 0 Å². The van der Waals surface area contributed by atoms with E-state index in [0.717, 1.165) is 50.5 Å². The van der Waals surface area contributed by atoms with Crippen molar-refractivity contribution < 1.29 is 9.47 Å². The van der Waals surface area contributed by atoms with E-state index < -0.39 is 0 Å². The van der Waals surface area contributed by atoms with Gasteiger partial charge >= 0.3 is 0 Å². The van der Waals surface area contributed by atoms with Crippen LogP contribution in [0.4, 0.5) is 5.69 Å². The molecule has 0 saturated carbocycles. The highest BCUT2D eigenvalue weighted by atomic mass is 16.6. The molecule has 0 aromatic carbocycles. The Bertz CT molecular complexity index is 458. The number of pyridine rings is 1. The average Bonchev–Trinajstić information content (AvgIpc) is 2.48. The van der Waals surface area contributed by atoms with Gasteiger partial charge in [-0.2, -0.15) is 0 Å². The first-order chi connectivity index (χ1) is 9.76. The maximum absolute atomic E-state index is 6.00. The van der Waals surface area contributed by atoms with Gasteiger partial charge in [0.05, 0.1) is 11.9 Å². The van der Waals surface area contributed by atoms with Gasteiger partial charge in [0.25, 0.3) is 5.88 Å². The van der Waals surface area contributed by atoms with Crippen LogP contribution in [0.3, 0.4) is 0 Å². The second-order valence-corrected chi connectivity index (χ2v) is 5.63. The summed E-state index contributed by atoms with van der Waals surface area (Å²) in [5, 5.41) is 0. The largest absolute Gasteiger partial charge is 0.481 e. The van der Waals surface area contributed by atoms with E-state index in [0.29, 0.717) is 12.5 Å². The van der Waals surface area contributed by atoms with Gasteiger partial charge in [-0.1, -0.05) is 13.3 Å². The van der Waals surface area contributed by atoms with Crippen LogP contribution >= 0.6 is 0 Å². The molecule has 0 bridgehead atoms. The van der Waals surface area contributed by atoms with Gasteiger partial charge in [-0.15, -0.1) is 0 Å². The first kappa shape index (κ1) is 13.5. The van der Waals surface area contributed by atoms with E-state index in [9.17, 15) is 0 Å². The molecule has 5 nitrogen and oxygen atoms in total. The molecule has 1 saturated heterocycles. The van der Waals surface area contributed by atoms with Crippen LogP contribution in [-0.2, 0) is 0 Å². The molecular formula is C15H23N3O2. The normalized spacial score (nSPS) is 22.9. The van der Waals surface area contributed by atoms with Crippen molar-refractivity contribution in [3.63, 3.8) is 0 Å². The fourth-order valence-corrected chi connectivity index (χ4v) is 2.70. The molecule has 5 heteroatoms. The molecule has 3 rings (SSSR count). The monoisotopic (exact) mass is 277 g/mol. The minimum Gasteiger partial charge on any atom is -0.481 e. The van der Waals surface area contributed by atoms with Crippen molar-refractivity contribution >= 4 is 5.69 Å². The third-order valence-corrected chi connectivity index (χ3v) is 3.98. The van der Waals surface area contributed by atoms with Crippen LogP contribution < -0.4 is 14.4 Å². The zero-order chi connectivity index (χ0) is 13.9. The minimum absolute atomic E-state index is 0.164. The lowest BCUT2D eigenvalue weighted by molar-refractivity contribution is 0.0798. The lowest BCUT2D eigenvalue weighted by atomic mass is 10.2. The summed E-state index contributed by atoms with van der Waals surface area (Å²) in [6, 6.07) is 2.08. The van der Waals surface area contributed by atoms with Crippen LogP contribution in [0, 0.1) is 0 Å². The Labute approximate surface area is 120 Å². The molecule has 1 aromatic rings. The van der Waals surface area contributed by atoms with Crippen LogP contribution in [0.2, 0.25) is 0 Å². The standard InChI is InChI=1S/C15H23N3O2/c1-3-4-13-11-19-15-14(20-13)9-12(10-16-15)18-7-5-17(2)6-8-18/h9-10,13H,3-8,11H2,1-2H3. The van der Waals surface area contributed by atoms with Gasteiger partial charge in [-0.25, -0.2) is 4.98 Å². The summed E-state index contributed by atoms with van der Waals surface area (Å²) in [6.45, 7) is 7.03. The van der Waals surface area contributed by atoms with Crippen LogP contribution in [0.15, 0.2) is 12.3 Å². The summed E-state index contributed by atoms with van der Waals surface area (Å²) < 4.78 is 11.7. The van der Waals surface area contributed by atoms with Crippen molar-refractivity contribution in [2.24, 2.45) is 0 Å². The van der Waals surface area contributed by atoms with Crippen molar-refractivity contribution in [1.82, 2.24) is 9.88 Å². The summed E-state index contributed by atoms with van der Waals surface area (Å²) >= 11 is 0. The molecule has 1 unspecified atom stereocenters. The molecular weight excluding hydrogens is 254 g/mol. The lowest BCUT2D eigenvalue weighted by Gasteiger charge is -2.34. The molecule has 0 aliphatic carbocycles. The molecule has 20 heavy (non-hydrogen) atoms. The highest BCUT2D eigenvalue weighted by molar-refractivity contribution is 5.53. The fourth-order valence-electron chi connectivity index (χ4n) is 2.70. The first-order valence-electron chi connectivity index (χ1n) is 7.49. The zero-order valence-electron chi connectivity index (χ0n) is 12.3. The Hall–Kier alpha value is -1.49. The van der Waals surface area contributed by atoms with Gasteiger partial charge in [0.1, 0.15) is 12.7 Å². The minimum atomic E-state index is 0.164. The second kappa shape index (κ2) is 5.87. The van der Waals surface area contributed by atoms with E-state index in [2.05, 4.69) is 34.8 Å². The number of hydrogen-bond acceptors (Lipinski definition) is 5. The summed E-state index contributed by atoms with van der Waals surface area (Å²) in [7, 11) is 2.16. The molecule has 0 N–H and O–H groups in total. The summed E-state index contributed by atoms with van der Waals surface area (Å²) in [6.07, 6.45) is 4.19. The third-order valence-electron chi connectivity index (χ3n) is 3.98. The maximum Gasteiger partial charge on any atom is 0.257 e. The van der Waals surface area contributed by atoms with E-state index in [4.69, 9.17) is 9.47 Å². The number of likely N-dealkylation sites (N-methyl/N-ethyl adjacent to an activating group) is 1. The molecule has 0 radical (unpaired) electrons. The Morgan fingerprint density at radius 2 is 2.10 bits per heavy atom. The van der Waals surface area contributed by atoms with Crippen molar-refractivity contribution in [1.29, 1.82) is 0 Å². The van der Waals surface area contributed by atoms with Crippen LogP contribution in [-0.4, -0.2) is 55.8 Å². The predicted molar refractivity (Wildman–Crippen MR) is 78.8 cm³/mol. The van der Waals surface area contributed by atoms with Crippen molar-refractivity contribution in [2.45, 2.75) is 25.9 Å². The second-order valence-electron chi connectivity index (χ2n) is 5.63. The Morgan fingerprint density at radius 3 is 2.85 bits per heavy atom. The van der Waals surface area contributed by atoms with Gasteiger partial charge in [0, 0.05) is 32.2 Å². The van der Waals surface area contributed by atoms with Gasteiger partial charge in [-0.05, 0) is 13.5 Å². The number of piperazine rings is 1. The summed E-state index contributed by atoms with van der Waals surface area (Å²) in [4.78, 5) is 9.11. The number of aromatic nitrogens is 1. The van der Waals surface area contributed by atoms with Crippen LogP contribution in [0.1, 0.15) is 19.8 Å². The van der Waals surface area contributed by atoms with Crippen LogP contribution in [0.25, 0.3) is 0 Å². The number of rotatable bonds is 3. The van der Waals surface area contributed by atoms with E-state index in [1.54, 1.807) is 0 Å². The highest BCUT2D eigenvalue weighted by Gasteiger charge is 2.23. The van der Waals surface area contributed by atoms with E-state index in [1.807, 2.05) is 6.20 Å². The van der Waals surface area contributed by atoms with Gasteiger partial charge in [0.2, 0.25) is 0 Å². The number of ether oxygens (including phenoxy) is 2. The lowest BCUT2D eigenvalue weighted by Crippen LogP contribution is -2.44. The Balaban J connectivity index is 1.73. The maximum atomic E-state index is 6.00. The molecule has 0 spiro atoms. The average molecular weight is 277 g/mol. The molecule has 2 aliphatic heterocycles. The molecule has 3 heterocycles. The number of anilines is 1. The molecule has 1 fully saturated rings. The van der Waals surface area contributed by atoms with Crippen molar-refractivity contribution in [3.05, 3.63) is 12.3 Å². The number of nitrogens with zero attached hydrogens (tertiary/aromatic N) is 3. The molecule has 2 aliphatic rings. The molecule has 0 amide bonds. The number of hydrogen-bond donors (Lipinski definition) is 0. The summed E-state index contributed by atoms with van der Waals surface area (Å²) in [5.41, 5.74) is 1.14. The van der Waals surface area contributed by atoms with Gasteiger partial charge in [0.15, 0.2) is 5.75 Å². The first-order valence-corrected chi connectivity index (χ1v) is 7.49. The van der Waals surface area contributed by atoms with Gasteiger partial charge < -0.3 is 19.3 Å². The SMILES string of the molecule is CCCC1COc2ncc(N3CCN(C)CC3)cc2O1. The van der Waals surface area contributed by atoms with Gasteiger partial charge in [-0.3, -0.25) is 0 Å². The number of fused-ring (bicyclic) bond motifs is 1. The quantitative estimate of drug-likeness (QED) is 0.842. The van der Waals surface area contributed by atoms with Crippen LogP contribution in [0.5, 0.6) is 11.6 Å². The van der Waals surface area contributed by atoms with Crippen molar-refractivity contribution in [3.8, 4) is 11.6 Å². The highest BCUT2D eigenvalue weighted by Crippen LogP contribution is 2.34. The third kappa shape index (κ3) is 2.82. The predicted octanol–water partition coefficient (Wildman–Crippen LogP) is 1.77. The Kier molecular flexibility index (Phi) is 3.96. The topological polar surface area (TPSA) is 37.8 Å². The van der Waals surface area contributed by atoms with Crippen molar-refractivity contribution in [2.75, 3.05) is 44.7 Å². The van der Waals surface area contributed by atoms with E-state index in [-0.39, 0.29) is 6.10 Å². The summed E-state index contributed by atoms with van der Waals surface area (Å²) in [5.74, 6) is 1.43. The zero-order valence-corrected chi connectivity index (χ0v) is 12.3. The molecule has 1 aromatic heterocycles. The van der Waals surface area contributed by atoms with E-state index in [1.165, 1.54) is 0 Å². The Morgan fingerprint density at radius 1 is 1.30 bits per heavy atom. The fraction of sp³-hybridized carbons (Fsp3) is 0.667. The molecule has 1 atom stereocenters. The smallest absolute Gasteiger partial charge is 0.257 e. The molecule has 110 valence electrons.